The average Bonchev–Trinajstić information content (AvgIpc) is 2.94. The van der Waals surface area contributed by atoms with Gasteiger partial charge in [-0.05, 0) is 34.0 Å². The number of carbonyl (C=O) groups excluding carboxylic acids is 1. The number of esters is 1. The number of aromatic nitrogens is 2. The van der Waals surface area contributed by atoms with Crippen molar-refractivity contribution in [3.05, 3.63) is 33.1 Å². The van der Waals surface area contributed by atoms with Gasteiger partial charge in [0, 0.05) is 12.3 Å². The molecule has 0 amide bonds. The molecule has 33 heavy (non-hydrogen) atoms. The monoisotopic (exact) mass is 513 g/mol. The Balaban J connectivity index is 2.16. The minimum Gasteiger partial charge on any atom is -0.462 e. The minimum absolute atomic E-state index is 0.0550. The van der Waals surface area contributed by atoms with Crippen molar-refractivity contribution in [3.8, 4) is 0 Å². The van der Waals surface area contributed by atoms with E-state index in [2.05, 4.69) is 5.09 Å². The average molecular weight is 513 g/mol. The van der Waals surface area contributed by atoms with Gasteiger partial charge in [0.05, 0.1) is 12.7 Å². The lowest BCUT2D eigenvalue weighted by atomic mass is 9.98. The number of halogens is 1. The van der Waals surface area contributed by atoms with E-state index in [0.717, 1.165) is 23.8 Å². The number of nitrogens with one attached hydrogen (secondary N) is 2. The second-order valence-corrected chi connectivity index (χ2v) is 10.4. The molecule has 188 valence electrons. The zero-order valence-electron chi connectivity index (χ0n) is 18.8. The van der Waals surface area contributed by atoms with E-state index in [1.807, 2.05) is 4.98 Å². The van der Waals surface area contributed by atoms with Crippen LogP contribution in [0.2, 0.25) is 0 Å². The van der Waals surface area contributed by atoms with Gasteiger partial charge in [-0.3, -0.25) is 28.2 Å². The van der Waals surface area contributed by atoms with Gasteiger partial charge in [0.25, 0.3) is 5.56 Å². The lowest BCUT2D eigenvalue weighted by Gasteiger charge is -2.25. The predicted octanol–water partition coefficient (Wildman–Crippen LogP) is 0.915. The van der Waals surface area contributed by atoms with E-state index in [1.54, 1.807) is 20.1 Å². The zero-order chi connectivity index (χ0) is 25.0. The Morgan fingerprint density at radius 2 is 2.09 bits per heavy atom. The molecule has 1 aliphatic rings. The largest absolute Gasteiger partial charge is 0.462 e. The van der Waals surface area contributed by atoms with Gasteiger partial charge in [-0.2, -0.15) is 0 Å². The first-order chi connectivity index (χ1) is 15.3. The van der Waals surface area contributed by atoms with Crippen LogP contribution in [0.15, 0.2) is 21.9 Å². The standard InChI is InChI=1S/C18H29FN3O9PS/c1-10(2)30-15(25)11(3)21-32(27,29-9-33-5)28-8-12-14(24)18(4,19)16(31-12)22-7-6-13(23)20-17(22)26/h6-7,10-12,14,16,24H,8-9H2,1-5H3,(H,21,27)(H,20,23,26)/t11?,12-,14?,16-,18-,32?/m1/s1. The molecule has 1 fully saturated rings. The van der Waals surface area contributed by atoms with Crippen LogP contribution in [0.25, 0.3) is 0 Å². The quantitative estimate of drug-likeness (QED) is 0.219. The minimum atomic E-state index is -4.12. The van der Waals surface area contributed by atoms with E-state index < -0.39 is 67.8 Å². The van der Waals surface area contributed by atoms with Crippen LogP contribution in [-0.4, -0.2) is 69.5 Å². The van der Waals surface area contributed by atoms with Crippen LogP contribution in [0.4, 0.5) is 4.39 Å². The van der Waals surface area contributed by atoms with Crippen molar-refractivity contribution in [1.82, 2.24) is 14.6 Å². The molecule has 1 aromatic rings. The van der Waals surface area contributed by atoms with E-state index in [-0.39, 0.29) is 5.94 Å². The smallest absolute Gasteiger partial charge is 0.407 e. The van der Waals surface area contributed by atoms with Crippen molar-refractivity contribution in [2.75, 3.05) is 18.8 Å². The predicted molar refractivity (Wildman–Crippen MR) is 118 cm³/mol. The molecule has 2 heterocycles. The Labute approximate surface area is 193 Å². The Bertz CT molecular complexity index is 985. The summed E-state index contributed by atoms with van der Waals surface area (Å²) in [4.78, 5) is 37.4. The third-order valence-electron chi connectivity index (χ3n) is 4.63. The third kappa shape index (κ3) is 6.98. The summed E-state index contributed by atoms with van der Waals surface area (Å²) >= 11 is 1.20. The van der Waals surface area contributed by atoms with Gasteiger partial charge >= 0.3 is 19.4 Å². The van der Waals surface area contributed by atoms with Gasteiger partial charge in [0.1, 0.15) is 24.2 Å². The summed E-state index contributed by atoms with van der Waals surface area (Å²) in [5, 5.41) is 12.9. The third-order valence-corrected chi connectivity index (χ3v) is 6.82. The van der Waals surface area contributed by atoms with Gasteiger partial charge in [0.2, 0.25) is 0 Å². The second kappa shape index (κ2) is 11.3. The summed E-state index contributed by atoms with van der Waals surface area (Å²) in [6.07, 6.45) is -2.40. The normalized spacial score (nSPS) is 27.9. The number of hydrogen-bond donors (Lipinski definition) is 3. The van der Waals surface area contributed by atoms with Crippen LogP contribution in [0, 0.1) is 0 Å². The molecule has 3 N–H and O–H groups in total. The number of aromatic amines is 1. The SMILES string of the molecule is CSCOP(=O)(NC(C)C(=O)OC(C)C)OC[C@H]1O[C@@H](n2ccc(=O)[nH]c2=O)[C@](C)(F)C1O. The van der Waals surface area contributed by atoms with Crippen molar-refractivity contribution in [3.63, 3.8) is 0 Å². The Morgan fingerprint density at radius 3 is 2.67 bits per heavy atom. The highest BCUT2D eigenvalue weighted by molar-refractivity contribution is 7.98. The molecular weight excluding hydrogens is 484 g/mol. The van der Waals surface area contributed by atoms with E-state index >= 15 is 4.39 Å². The van der Waals surface area contributed by atoms with Crippen molar-refractivity contribution in [2.24, 2.45) is 0 Å². The van der Waals surface area contributed by atoms with Crippen molar-refractivity contribution >= 4 is 25.5 Å². The molecule has 0 saturated carbocycles. The molecule has 0 bridgehead atoms. The van der Waals surface area contributed by atoms with Crippen LogP contribution in [0.1, 0.15) is 33.9 Å². The number of carbonyl (C=O) groups is 1. The summed E-state index contributed by atoms with van der Waals surface area (Å²) in [5.41, 5.74) is -4.07. The lowest BCUT2D eigenvalue weighted by molar-refractivity contribution is -0.149. The number of rotatable bonds is 11. The molecule has 1 aromatic heterocycles. The van der Waals surface area contributed by atoms with Crippen molar-refractivity contribution in [2.45, 2.75) is 63.9 Å². The molecule has 12 nitrogen and oxygen atoms in total. The summed E-state index contributed by atoms with van der Waals surface area (Å²) in [6.45, 7) is 5.14. The number of nitrogens with zero attached hydrogens (tertiary/aromatic N) is 1. The Morgan fingerprint density at radius 1 is 1.42 bits per heavy atom. The fourth-order valence-electron chi connectivity index (χ4n) is 2.99. The molecule has 3 unspecified atom stereocenters. The Hall–Kier alpha value is -1.54. The van der Waals surface area contributed by atoms with Crippen LogP contribution < -0.4 is 16.3 Å². The topological polar surface area (TPSA) is 158 Å². The highest BCUT2D eigenvalue weighted by atomic mass is 32.2. The van der Waals surface area contributed by atoms with E-state index in [1.165, 1.54) is 18.7 Å². The number of alkyl halides is 1. The number of thioether (sulfide) groups is 1. The maximum absolute atomic E-state index is 15.3. The first kappa shape index (κ1) is 27.7. The first-order valence-corrected chi connectivity index (χ1v) is 12.9. The molecule has 0 radical (unpaired) electrons. The Kier molecular flexibility index (Phi) is 9.45. The number of aliphatic hydroxyl groups excluding tert-OH is 1. The van der Waals surface area contributed by atoms with Crippen LogP contribution in [0.5, 0.6) is 0 Å². The summed E-state index contributed by atoms with van der Waals surface area (Å²) < 4.78 is 50.3. The number of hydrogen-bond acceptors (Lipinski definition) is 10. The second-order valence-electron chi connectivity index (χ2n) is 7.81. The molecule has 15 heteroatoms. The molecular formula is C18H29FN3O9PS. The van der Waals surface area contributed by atoms with E-state index in [0.29, 0.717) is 0 Å². The molecule has 1 saturated heterocycles. The molecule has 6 atom stereocenters. The van der Waals surface area contributed by atoms with Gasteiger partial charge in [-0.25, -0.2) is 18.8 Å². The van der Waals surface area contributed by atoms with E-state index in [4.69, 9.17) is 18.5 Å². The fraction of sp³-hybridized carbons (Fsp3) is 0.722. The van der Waals surface area contributed by atoms with Crippen LogP contribution in [0.3, 0.4) is 0 Å². The summed E-state index contributed by atoms with van der Waals surface area (Å²) in [7, 11) is -4.12. The van der Waals surface area contributed by atoms with Gasteiger partial charge in [0.15, 0.2) is 11.9 Å². The van der Waals surface area contributed by atoms with Gasteiger partial charge in [-0.15, -0.1) is 11.8 Å². The molecule has 1 aliphatic heterocycles. The van der Waals surface area contributed by atoms with Crippen molar-refractivity contribution in [1.29, 1.82) is 0 Å². The molecule has 2 rings (SSSR count). The van der Waals surface area contributed by atoms with Crippen molar-refractivity contribution < 1.29 is 37.4 Å². The molecule has 0 spiro atoms. The molecule has 0 aliphatic carbocycles. The van der Waals surface area contributed by atoms with E-state index in [9.17, 15) is 24.1 Å². The summed E-state index contributed by atoms with van der Waals surface area (Å²) in [5.74, 6) is -0.742. The highest BCUT2D eigenvalue weighted by Crippen LogP contribution is 2.47. The maximum atomic E-state index is 15.3. The fourth-order valence-corrected chi connectivity index (χ4v) is 5.12. The number of H-pyrrole nitrogens is 1. The highest BCUT2D eigenvalue weighted by Gasteiger charge is 2.55. The van der Waals surface area contributed by atoms with Crippen LogP contribution in [-0.2, 0) is 27.9 Å². The number of aliphatic hydroxyl groups is 1. The first-order valence-electron chi connectivity index (χ1n) is 10.0. The van der Waals surface area contributed by atoms with Gasteiger partial charge in [-0.1, -0.05) is 0 Å². The van der Waals surface area contributed by atoms with Crippen LogP contribution >= 0.6 is 19.5 Å². The lowest BCUT2D eigenvalue weighted by Crippen LogP contribution is -2.43. The van der Waals surface area contributed by atoms with Gasteiger partial charge < -0.3 is 14.6 Å². The maximum Gasteiger partial charge on any atom is 0.407 e. The molecule has 0 aromatic carbocycles. The summed E-state index contributed by atoms with van der Waals surface area (Å²) in [6, 6.07) is -0.0586. The number of ether oxygens (including phenoxy) is 2. The zero-order valence-corrected chi connectivity index (χ0v) is 20.6.